The fraction of sp³-hybridized carbons (Fsp3) is 0.333. The predicted octanol–water partition coefficient (Wildman–Crippen LogP) is 1.39. The van der Waals surface area contributed by atoms with Crippen LogP contribution in [-0.2, 0) is 17.8 Å². The maximum atomic E-state index is 11.4. The number of rotatable bonds is 5. The molecule has 0 aliphatic rings. The zero-order valence-electron chi connectivity index (χ0n) is 10.3. The highest BCUT2D eigenvalue weighted by atomic mass is 16.5. The topological polar surface area (TPSA) is 80.2 Å². The third kappa shape index (κ3) is 2.78. The summed E-state index contributed by atoms with van der Waals surface area (Å²) in [5.41, 5.74) is 2.17. The van der Waals surface area contributed by atoms with Gasteiger partial charge in [0.2, 0.25) is 0 Å². The molecule has 2 aromatic rings. The number of ether oxygens (including phenoxy) is 1. The minimum absolute atomic E-state index is 0.342. The van der Waals surface area contributed by atoms with E-state index in [9.17, 15) is 4.79 Å². The van der Waals surface area contributed by atoms with Crippen molar-refractivity contribution in [2.24, 2.45) is 0 Å². The first-order chi connectivity index (χ1) is 8.70. The Hall–Kier alpha value is -2.08. The van der Waals surface area contributed by atoms with Crippen molar-refractivity contribution in [1.29, 1.82) is 0 Å². The highest BCUT2D eigenvalue weighted by molar-refractivity contribution is 5.90. The third-order valence-corrected chi connectivity index (χ3v) is 2.52. The molecule has 0 unspecified atom stereocenters. The highest BCUT2D eigenvalue weighted by Gasteiger charge is 2.12. The van der Waals surface area contributed by atoms with Gasteiger partial charge in [-0.25, -0.2) is 4.79 Å². The summed E-state index contributed by atoms with van der Waals surface area (Å²) in [7, 11) is 1.37. The molecule has 0 radical (unpaired) electrons. The monoisotopic (exact) mass is 249 g/mol. The number of carbonyl (C=O) groups excluding carboxylic acids is 1. The van der Waals surface area contributed by atoms with Crippen LogP contribution in [-0.4, -0.2) is 23.2 Å². The number of carbonyl (C=O) groups is 1. The molecule has 6 nitrogen and oxygen atoms in total. The maximum absolute atomic E-state index is 11.4. The summed E-state index contributed by atoms with van der Waals surface area (Å²) >= 11 is 0. The SMILES string of the molecule is COC(=O)c1cc[nH]c1CNCc1cc(C)on1. The Bertz CT molecular complexity index is 530. The van der Waals surface area contributed by atoms with Gasteiger partial charge in [0.1, 0.15) is 5.76 Å². The minimum atomic E-state index is -0.342. The van der Waals surface area contributed by atoms with Crippen LogP contribution < -0.4 is 5.32 Å². The van der Waals surface area contributed by atoms with Gasteiger partial charge in [0.25, 0.3) is 0 Å². The first-order valence-electron chi connectivity index (χ1n) is 5.58. The molecule has 0 saturated heterocycles. The van der Waals surface area contributed by atoms with Gasteiger partial charge in [-0.15, -0.1) is 0 Å². The van der Waals surface area contributed by atoms with E-state index in [4.69, 9.17) is 4.52 Å². The fourth-order valence-electron chi connectivity index (χ4n) is 1.67. The van der Waals surface area contributed by atoms with Gasteiger partial charge in [0.05, 0.1) is 18.4 Å². The molecule has 6 heteroatoms. The summed E-state index contributed by atoms with van der Waals surface area (Å²) in [6.45, 7) is 2.96. The number of nitrogens with one attached hydrogen (secondary N) is 2. The average Bonchev–Trinajstić information content (AvgIpc) is 2.98. The van der Waals surface area contributed by atoms with Crippen LogP contribution in [0, 0.1) is 6.92 Å². The molecule has 96 valence electrons. The normalized spacial score (nSPS) is 10.6. The molecule has 0 amide bonds. The molecule has 2 heterocycles. The molecule has 0 fully saturated rings. The quantitative estimate of drug-likeness (QED) is 0.783. The second-order valence-electron chi connectivity index (χ2n) is 3.89. The minimum Gasteiger partial charge on any atom is -0.465 e. The molecule has 2 N–H and O–H groups in total. The maximum Gasteiger partial charge on any atom is 0.339 e. The van der Waals surface area contributed by atoms with Gasteiger partial charge < -0.3 is 19.6 Å². The Balaban J connectivity index is 1.90. The molecule has 0 spiro atoms. The van der Waals surface area contributed by atoms with E-state index in [1.165, 1.54) is 7.11 Å². The van der Waals surface area contributed by atoms with Crippen molar-refractivity contribution < 1.29 is 14.1 Å². The second kappa shape index (κ2) is 5.50. The number of hydrogen-bond acceptors (Lipinski definition) is 5. The number of methoxy groups -OCH3 is 1. The van der Waals surface area contributed by atoms with Crippen LogP contribution in [0.5, 0.6) is 0 Å². The Morgan fingerprint density at radius 3 is 3.06 bits per heavy atom. The molecule has 0 aromatic carbocycles. The van der Waals surface area contributed by atoms with E-state index in [2.05, 4.69) is 20.2 Å². The van der Waals surface area contributed by atoms with E-state index in [0.717, 1.165) is 17.1 Å². The number of hydrogen-bond donors (Lipinski definition) is 2. The van der Waals surface area contributed by atoms with E-state index in [1.54, 1.807) is 12.3 Å². The Labute approximate surface area is 104 Å². The second-order valence-corrected chi connectivity index (χ2v) is 3.89. The summed E-state index contributed by atoms with van der Waals surface area (Å²) in [5, 5.41) is 7.04. The van der Waals surface area contributed by atoms with Crippen molar-refractivity contribution in [2.75, 3.05) is 7.11 Å². The first kappa shape index (κ1) is 12.4. The van der Waals surface area contributed by atoms with Crippen molar-refractivity contribution in [2.45, 2.75) is 20.0 Å². The average molecular weight is 249 g/mol. The number of aromatic nitrogens is 2. The van der Waals surface area contributed by atoms with Gasteiger partial charge in [-0.3, -0.25) is 0 Å². The van der Waals surface area contributed by atoms with Crippen molar-refractivity contribution in [1.82, 2.24) is 15.5 Å². The van der Waals surface area contributed by atoms with Crippen molar-refractivity contribution in [3.63, 3.8) is 0 Å². The molecule has 0 bridgehead atoms. The first-order valence-corrected chi connectivity index (χ1v) is 5.58. The lowest BCUT2D eigenvalue weighted by atomic mass is 10.2. The largest absolute Gasteiger partial charge is 0.465 e. The van der Waals surface area contributed by atoms with E-state index in [0.29, 0.717) is 18.7 Å². The lowest BCUT2D eigenvalue weighted by Gasteiger charge is -2.03. The number of H-pyrrole nitrogens is 1. The van der Waals surface area contributed by atoms with Crippen molar-refractivity contribution in [3.8, 4) is 0 Å². The van der Waals surface area contributed by atoms with Gasteiger partial charge in [-0.05, 0) is 13.0 Å². The Morgan fingerprint density at radius 1 is 1.56 bits per heavy atom. The van der Waals surface area contributed by atoms with E-state index >= 15 is 0 Å². The summed E-state index contributed by atoms with van der Waals surface area (Å²) in [5.74, 6) is 0.437. The molecule has 0 atom stereocenters. The van der Waals surface area contributed by atoms with Crippen LogP contribution in [0.25, 0.3) is 0 Å². The zero-order chi connectivity index (χ0) is 13.0. The highest BCUT2D eigenvalue weighted by Crippen LogP contribution is 2.08. The van der Waals surface area contributed by atoms with Crippen molar-refractivity contribution >= 4 is 5.97 Å². The standard InChI is InChI=1S/C12H15N3O3/c1-8-5-9(15-18-8)6-13-7-11-10(3-4-14-11)12(16)17-2/h3-5,13-14H,6-7H2,1-2H3. The summed E-state index contributed by atoms with van der Waals surface area (Å²) in [6.07, 6.45) is 1.71. The van der Waals surface area contributed by atoms with Crippen molar-refractivity contribution in [3.05, 3.63) is 41.0 Å². The van der Waals surface area contributed by atoms with Crippen LogP contribution in [0.15, 0.2) is 22.9 Å². The van der Waals surface area contributed by atoms with Gasteiger partial charge in [-0.2, -0.15) is 0 Å². The molecule has 0 saturated carbocycles. The number of esters is 1. The lowest BCUT2D eigenvalue weighted by Crippen LogP contribution is -2.15. The summed E-state index contributed by atoms with van der Waals surface area (Å²) in [6, 6.07) is 3.56. The van der Waals surface area contributed by atoms with Crippen LogP contribution in [0.4, 0.5) is 0 Å². The molecular weight excluding hydrogens is 234 g/mol. The van der Waals surface area contributed by atoms with Gasteiger partial charge in [0, 0.05) is 31.0 Å². The van der Waals surface area contributed by atoms with Gasteiger partial charge in [-0.1, -0.05) is 5.16 Å². The molecule has 2 rings (SSSR count). The number of nitrogens with zero attached hydrogens (tertiary/aromatic N) is 1. The molecule has 0 aliphatic heterocycles. The van der Waals surface area contributed by atoms with E-state index in [1.807, 2.05) is 13.0 Å². The third-order valence-electron chi connectivity index (χ3n) is 2.52. The predicted molar refractivity (Wildman–Crippen MR) is 63.9 cm³/mol. The number of aromatic amines is 1. The Morgan fingerprint density at radius 2 is 2.39 bits per heavy atom. The molecular formula is C12H15N3O3. The fourth-order valence-corrected chi connectivity index (χ4v) is 1.67. The van der Waals surface area contributed by atoms with Gasteiger partial charge >= 0.3 is 5.97 Å². The van der Waals surface area contributed by atoms with E-state index < -0.39 is 0 Å². The van der Waals surface area contributed by atoms with E-state index in [-0.39, 0.29) is 5.97 Å². The zero-order valence-corrected chi connectivity index (χ0v) is 10.3. The Kier molecular flexibility index (Phi) is 3.78. The van der Waals surface area contributed by atoms with Gasteiger partial charge in [0.15, 0.2) is 0 Å². The van der Waals surface area contributed by atoms with Crippen LogP contribution in [0.3, 0.4) is 0 Å². The van der Waals surface area contributed by atoms with Crippen LogP contribution in [0.1, 0.15) is 27.5 Å². The molecule has 0 aliphatic carbocycles. The van der Waals surface area contributed by atoms with Crippen LogP contribution in [0.2, 0.25) is 0 Å². The molecule has 2 aromatic heterocycles. The summed E-state index contributed by atoms with van der Waals surface area (Å²) < 4.78 is 9.65. The smallest absolute Gasteiger partial charge is 0.339 e. The number of aryl methyl sites for hydroxylation is 1. The molecule has 18 heavy (non-hydrogen) atoms. The summed E-state index contributed by atoms with van der Waals surface area (Å²) in [4.78, 5) is 14.4. The lowest BCUT2D eigenvalue weighted by molar-refractivity contribution is 0.0599. The van der Waals surface area contributed by atoms with Crippen LogP contribution >= 0.6 is 0 Å².